The summed E-state index contributed by atoms with van der Waals surface area (Å²) in [5.74, 6) is -0.863. The Kier molecular flexibility index (Phi) is 2.14. The van der Waals surface area contributed by atoms with Crippen molar-refractivity contribution in [3.63, 3.8) is 0 Å². The number of carbonyl (C=O) groups is 1. The maximum atomic E-state index is 10.7. The predicted octanol–water partition coefficient (Wildman–Crippen LogP) is 1.85. The molecule has 3 heteroatoms. The zero-order valence-electron chi connectivity index (χ0n) is 7.47. The molecule has 0 unspecified atom stereocenters. The summed E-state index contributed by atoms with van der Waals surface area (Å²) in [6.45, 7) is 0. The van der Waals surface area contributed by atoms with Crippen molar-refractivity contribution in [2.75, 3.05) is 0 Å². The molecule has 0 aromatic heterocycles. The average molecular weight is 187 g/mol. The monoisotopic (exact) mass is 187 g/mol. The van der Waals surface area contributed by atoms with E-state index in [2.05, 4.69) is 4.99 Å². The van der Waals surface area contributed by atoms with Crippen LogP contribution in [0.2, 0.25) is 0 Å². The van der Waals surface area contributed by atoms with Crippen LogP contribution in [-0.2, 0) is 4.79 Å². The van der Waals surface area contributed by atoms with Gasteiger partial charge in [0.25, 0.3) is 0 Å². The SMILES string of the molecule is O=C(O)C1=CC=C2C=CC=NC=C2C1. The van der Waals surface area contributed by atoms with Crippen LogP contribution in [-0.4, -0.2) is 17.3 Å². The van der Waals surface area contributed by atoms with E-state index in [1.165, 1.54) is 0 Å². The first-order valence-electron chi connectivity index (χ1n) is 4.31. The van der Waals surface area contributed by atoms with Crippen LogP contribution >= 0.6 is 0 Å². The summed E-state index contributed by atoms with van der Waals surface area (Å²) in [6, 6.07) is 0. The van der Waals surface area contributed by atoms with Gasteiger partial charge in [0.1, 0.15) is 0 Å². The van der Waals surface area contributed by atoms with Gasteiger partial charge in [0.15, 0.2) is 0 Å². The molecule has 2 aliphatic rings. The molecule has 1 aliphatic heterocycles. The molecule has 2 rings (SSSR count). The van der Waals surface area contributed by atoms with Crippen LogP contribution in [0, 0.1) is 0 Å². The van der Waals surface area contributed by atoms with Gasteiger partial charge in [0, 0.05) is 24.4 Å². The minimum atomic E-state index is -0.863. The van der Waals surface area contributed by atoms with Gasteiger partial charge in [0.05, 0.1) is 0 Å². The highest BCUT2D eigenvalue weighted by atomic mass is 16.4. The van der Waals surface area contributed by atoms with E-state index in [1.54, 1.807) is 18.5 Å². The van der Waals surface area contributed by atoms with E-state index in [0.29, 0.717) is 12.0 Å². The van der Waals surface area contributed by atoms with E-state index in [4.69, 9.17) is 5.11 Å². The first kappa shape index (κ1) is 8.69. The van der Waals surface area contributed by atoms with E-state index in [-0.39, 0.29) is 0 Å². The van der Waals surface area contributed by atoms with Gasteiger partial charge >= 0.3 is 5.97 Å². The summed E-state index contributed by atoms with van der Waals surface area (Å²) in [4.78, 5) is 14.7. The minimum Gasteiger partial charge on any atom is -0.478 e. The lowest BCUT2D eigenvalue weighted by Crippen LogP contribution is -2.05. The third-order valence-electron chi connectivity index (χ3n) is 2.17. The summed E-state index contributed by atoms with van der Waals surface area (Å²) in [5, 5.41) is 8.82. The average Bonchev–Trinajstić information content (AvgIpc) is 2.41. The van der Waals surface area contributed by atoms with Crippen LogP contribution in [0.15, 0.2) is 52.2 Å². The fraction of sp³-hybridized carbons (Fsp3) is 0.0909. The first-order chi connectivity index (χ1) is 6.77. The Bertz CT molecular complexity index is 423. The van der Waals surface area contributed by atoms with E-state index < -0.39 is 5.97 Å². The predicted molar refractivity (Wildman–Crippen MR) is 54.1 cm³/mol. The fourth-order valence-corrected chi connectivity index (χ4v) is 1.42. The quantitative estimate of drug-likeness (QED) is 0.681. The largest absolute Gasteiger partial charge is 0.478 e. The highest BCUT2D eigenvalue weighted by Gasteiger charge is 2.15. The maximum Gasteiger partial charge on any atom is 0.331 e. The van der Waals surface area contributed by atoms with Gasteiger partial charge < -0.3 is 5.11 Å². The maximum absolute atomic E-state index is 10.7. The lowest BCUT2D eigenvalue weighted by molar-refractivity contribution is -0.132. The lowest BCUT2D eigenvalue weighted by atomic mass is 9.93. The van der Waals surface area contributed by atoms with E-state index in [0.717, 1.165) is 11.1 Å². The van der Waals surface area contributed by atoms with Gasteiger partial charge in [-0.3, -0.25) is 4.99 Å². The molecule has 0 bridgehead atoms. The molecule has 0 aromatic rings. The van der Waals surface area contributed by atoms with Gasteiger partial charge in [-0.1, -0.05) is 18.2 Å². The molecule has 0 aromatic carbocycles. The summed E-state index contributed by atoms with van der Waals surface area (Å²) < 4.78 is 0. The van der Waals surface area contributed by atoms with E-state index in [9.17, 15) is 4.79 Å². The van der Waals surface area contributed by atoms with Crippen molar-refractivity contribution in [3.8, 4) is 0 Å². The number of hydrogen-bond acceptors (Lipinski definition) is 2. The molecule has 0 saturated carbocycles. The first-order valence-corrected chi connectivity index (χ1v) is 4.31. The summed E-state index contributed by atoms with van der Waals surface area (Å²) in [7, 11) is 0. The standard InChI is InChI=1S/C11H9NO2/c13-11(14)9-4-3-8-2-1-5-12-7-10(8)6-9/h1-5,7H,6H2,(H,13,14). The highest BCUT2D eigenvalue weighted by molar-refractivity contribution is 5.89. The third kappa shape index (κ3) is 1.57. The third-order valence-corrected chi connectivity index (χ3v) is 2.17. The van der Waals surface area contributed by atoms with Crippen LogP contribution in [0.5, 0.6) is 0 Å². The number of rotatable bonds is 1. The summed E-state index contributed by atoms with van der Waals surface area (Å²) in [6.07, 6.45) is 11.1. The normalized spacial score (nSPS) is 19.0. The molecule has 0 radical (unpaired) electrons. The smallest absolute Gasteiger partial charge is 0.331 e. The molecule has 1 aliphatic carbocycles. The summed E-state index contributed by atoms with van der Waals surface area (Å²) in [5.41, 5.74) is 2.40. The van der Waals surface area contributed by atoms with Crippen molar-refractivity contribution < 1.29 is 9.90 Å². The van der Waals surface area contributed by atoms with Crippen molar-refractivity contribution in [3.05, 3.63) is 47.2 Å². The van der Waals surface area contributed by atoms with Crippen molar-refractivity contribution in [1.29, 1.82) is 0 Å². The molecule has 0 spiro atoms. The van der Waals surface area contributed by atoms with Crippen LogP contribution in [0.1, 0.15) is 6.42 Å². The second-order valence-electron chi connectivity index (χ2n) is 3.11. The number of nitrogens with zero attached hydrogens (tertiary/aromatic N) is 1. The van der Waals surface area contributed by atoms with Gasteiger partial charge in [0.2, 0.25) is 0 Å². The Balaban J connectivity index is 2.38. The Labute approximate surface area is 81.5 Å². The molecule has 0 fully saturated rings. The zero-order valence-corrected chi connectivity index (χ0v) is 7.47. The van der Waals surface area contributed by atoms with E-state index >= 15 is 0 Å². The minimum absolute atomic E-state index is 0.408. The Morgan fingerprint density at radius 1 is 1.43 bits per heavy atom. The molecule has 0 amide bonds. The van der Waals surface area contributed by atoms with Crippen LogP contribution < -0.4 is 0 Å². The molecule has 0 saturated heterocycles. The molecule has 14 heavy (non-hydrogen) atoms. The molecular formula is C11H9NO2. The Morgan fingerprint density at radius 2 is 2.29 bits per heavy atom. The second kappa shape index (κ2) is 3.46. The van der Waals surface area contributed by atoms with Crippen LogP contribution in [0.4, 0.5) is 0 Å². The highest BCUT2D eigenvalue weighted by Crippen LogP contribution is 2.26. The van der Waals surface area contributed by atoms with Crippen molar-refractivity contribution in [1.82, 2.24) is 0 Å². The molecule has 1 heterocycles. The lowest BCUT2D eigenvalue weighted by Gasteiger charge is -2.11. The number of carboxylic acid groups (broad SMARTS) is 1. The van der Waals surface area contributed by atoms with Crippen molar-refractivity contribution in [2.24, 2.45) is 4.99 Å². The molecular weight excluding hydrogens is 178 g/mol. The van der Waals surface area contributed by atoms with E-state index in [1.807, 2.05) is 18.2 Å². The molecule has 1 N–H and O–H groups in total. The van der Waals surface area contributed by atoms with Gasteiger partial charge in [-0.05, 0) is 17.2 Å². The topological polar surface area (TPSA) is 49.7 Å². The number of fused-ring (bicyclic) bond motifs is 1. The molecule has 0 atom stereocenters. The number of hydrogen-bond donors (Lipinski definition) is 1. The van der Waals surface area contributed by atoms with Gasteiger partial charge in [-0.25, -0.2) is 4.79 Å². The Hall–Kier alpha value is -1.90. The number of aliphatic imine (C=N–C) groups is 1. The fourth-order valence-electron chi connectivity index (χ4n) is 1.42. The van der Waals surface area contributed by atoms with Gasteiger partial charge in [-0.2, -0.15) is 0 Å². The number of carboxylic acids is 1. The van der Waals surface area contributed by atoms with Crippen LogP contribution in [0.25, 0.3) is 0 Å². The second-order valence-corrected chi connectivity index (χ2v) is 3.11. The van der Waals surface area contributed by atoms with Crippen LogP contribution in [0.3, 0.4) is 0 Å². The summed E-state index contributed by atoms with van der Waals surface area (Å²) >= 11 is 0. The van der Waals surface area contributed by atoms with Crippen molar-refractivity contribution in [2.45, 2.75) is 6.42 Å². The number of aliphatic carboxylic acids is 1. The molecule has 70 valence electrons. The zero-order chi connectivity index (χ0) is 9.97. The Morgan fingerprint density at radius 3 is 3.07 bits per heavy atom. The van der Waals surface area contributed by atoms with Crippen molar-refractivity contribution >= 4 is 12.2 Å². The molecule has 3 nitrogen and oxygen atoms in total. The van der Waals surface area contributed by atoms with Gasteiger partial charge in [-0.15, -0.1) is 0 Å². The number of allylic oxidation sites excluding steroid dienone is 6.